The van der Waals surface area contributed by atoms with E-state index in [0.29, 0.717) is 11.3 Å². The fraction of sp³-hybridized carbons (Fsp3) is 0.0833. The summed E-state index contributed by atoms with van der Waals surface area (Å²) in [6, 6.07) is 7.66. The second-order valence-corrected chi connectivity index (χ2v) is 4.16. The van der Waals surface area contributed by atoms with E-state index >= 15 is 0 Å². The van der Waals surface area contributed by atoms with Crippen molar-refractivity contribution in [2.75, 3.05) is 0 Å². The van der Waals surface area contributed by atoms with E-state index in [9.17, 15) is 9.18 Å². The number of rotatable bonds is 3. The fourth-order valence-electron chi connectivity index (χ4n) is 1.34. The lowest BCUT2D eigenvalue weighted by atomic mass is 10.1. The molecule has 0 spiro atoms. The van der Waals surface area contributed by atoms with Crippen molar-refractivity contribution in [1.82, 2.24) is 0 Å². The van der Waals surface area contributed by atoms with Gasteiger partial charge in [-0.05, 0) is 46.3 Å². The van der Waals surface area contributed by atoms with Crippen LogP contribution in [0.3, 0.4) is 0 Å². The van der Waals surface area contributed by atoms with Crippen LogP contribution in [0.2, 0.25) is 0 Å². The molecule has 0 aliphatic carbocycles. The van der Waals surface area contributed by atoms with Crippen LogP contribution in [-0.2, 0) is 6.42 Å². The standard InChI is InChI=1S/C12H8BrFO2/c13-10-6-8(3-4-11(10)14)12(15)7-9-2-1-5-16-9/h1-6H,7H2. The molecule has 82 valence electrons. The van der Waals surface area contributed by atoms with Crippen molar-refractivity contribution in [3.63, 3.8) is 0 Å². The highest BCUT2D eigenvalue weighted by atomic mass is 79.9. The first-order valence-corrected chi connectivity index (χ1v) is 5.47. The normalized spacial score (nSPS) is 10.4. The van der Waals surface area contributed by atoms with Crippen LogP contribution in [0, 0.1) is 5.82 Å². The number of ketones is 1. The van der Waals surface area contributed by atoms with Gasteiger partial charge in [-0.2, -0.15) is 0 Å². The van der Waals surface area contributed by atoms with Gasteiger partial charge in [0.2, 0.25) is 0 Å². The number of carbonyl (C=O) groups excluding carboxylic acids is 1. The van der Waals surface area contributed by atoms with Crippen LogP contribution >= 0.6 is 15.9 Å². The molecule has 0 saturated heterocycles. The Morgan fingerprint density at radius 2 is 2.19 bits per heavy atom. The van der Waals surface area contributed by atoms with Crippen molar-refractivity contribution in [2.45, 2.75) is 6.42 Å². The Kier molecular flexibility index (Phi) is 3.19. The molecule has 0 aliphatic heterocycles. The summed E-state index contributed by atoms with van der Waals surface area (Å²) in [6.07, 6.45) is 1.70. The lowest BCUT2D eigenvalue weighted by Crippen LogP contribution is -2.03. The first-order chi connectivity index (χ1) is 7.66. The van der Waals surface area contributed by atoms with Crippen LogP contribution in [0.25, 0.3) is 0 Å². The number of hydrogen-bond acceptors (Lipinski definition) is 2. The molecule has 0 aliphatic rings. The van der Waals surface area contributed by atoms with E-state index in [1.54, 1.807) is 12.1 Å². The van der Waals surface area contributed by atoms with Crippen molar-refractivity contribution in [2.24, 2.45) is 0 Å². The van der Waals surface area contributed by atoms with E-state index in [4.69, 9.17) is 4.42 Å². The van der Waals surface area contributed by atoms with Crippen LogP contribution in [0.15, 0.2) is 45.5 Å². The lowest BCUT2D eigenvalue weighted by Gasteiger charge is -2.00. The van der Waals surface area contributed by atoms with Gasteiger partial charge in [-0.3, -0.25) is 4.79 Å². The third-order valence-corrected chi connectivity index (χ3v) is 2.76. The number of Topliss-reactive ketones (excluding diaryl/α,β-unsaturated/α-hetero) is 1. The average Bonchev–Trinajstić information content (AvgIpc) is 2.74. The number of carbonyl (C=O) groups is 1. The van der Waals surface area contributed by atoms with Crippen molar-refractivity contribution in [1.29, 1.82) is 0 Å². The topological polar surface area (TPSA) is 30.2 Å². The maximum Gasteiger partial charge on any atom is 0.170 e. The highest BCUT2D eigenvalue weighted by molar-refractivity contribution is 9.10. The third kappa shape index (κ3) is 2.39. The third-order valence-electron chi connectivity index (χ3n) is 2.16. The second-order valence-electron chi connectivity index (χ2n) is 3.31. The summed E-state index contributed by atoms with van der Waals surface area (Å²) < 4.78 is 18.3. The van der Waals surface area contributed by atoms with Gasteiger partial charge < -0.3 is 4.42 Å². The molecule has 0 radical (unpaired) electrons. The molecular formula is C12H8BrFO2. The molecule has 1 heterocycles. The number of furan rings is 1. The number of benzene rings is 1. The molecule has 0 N–H and O–H groups in total. The zero-order valence-electron chi connectivity index (χ0n) is 8.24. The maximum absolute atomic E-state index is 13.0. The molecule has 2 nitrogen and oxygen atoms in total. The van der Waals surface area contributed by atoms with Crippen LogP contribution in [0.1, 0.15) is 16.1 Å². The predicted molar refractivity (Wildman–Crippen MR) is 60.8 cm³/mol. The highest BCUT2D eigenvalue weighted by Gasteiger charge is 2.10. The minimum absolute atomic E-state index is 0.101. The second kappa shape index (κ2) is 4.61. The van der Waals surface area contributed by atoms with E-state index in [0.717, 1.165) is 0 Å². The van der Waals surface area contributed by atoms with Crippen molar-refractivity contribution < 1.29 is 13.6 Å². The fourth-order valence-corrected chi connectivity index (χ4v) is 1.72. The van der Waals surface area contributed by atoms with Gasteiger partial charge in [0.1, 0.15) is 11.6 Å². The summed E-state index contributed by atoms with van der Waals surface area (Å²) in [5.74, 6) is 0.121. The molecule has 0 unspecified atom stereocenters. The summed E-state index contributed by atoms with van der Waals surface area (Å²) in [7, 11) is 0. The monoisotopic (exact) mass is 282 g/mol. The molecule has 2 rings (SSSR count). The van der Waals surface area contributed by atoms with E-state index in [1.165, 1.54) is 24.5 Å². The van der Waals surface area contributed by atoms with Crippen molar-refractivity contribution >= 4 is 21.7 Å². The van der Waals surface area contributed by atoms with Crippen LogP contribution < -0.4 is 0 Å². The van der Waals surface area contributed by atoms with E-state index in [1.807, 2.05) is 0 Å². The van der Waals surface area contributed by atoms with E-state index in [2.05, 4.69) is 15.9 Å². The van der Waals surface area contributed by atoms with Crippen molar-refractivity contribution in [3.05, 3.63) is 58.2 Å². The lowest BCUT2D eigenvalue weighted by molar-refractivity contribution is 0.0987. The van der Waals surface area contributed by atoms with E-state index < -0.39 is 0 Å². The Morgan fingerprint density at radius 1 is 1.38 bits per heavy atom. The highest BCUT2D eigenvalue weighted by Crippen LogP contribution is 2.18. The Bertz CT molecular complexity index is 506. The van der Waals surface area contributed by atoms with Gasteiger partial charge in [0.05, 0.1) is 17.2 Å². The summed E-state index contributed by atoms with van der Waals surface area (Å²) in [5, 5.41) is 0. The smallest absolute Gasteiger partial charge is 0.170 e. The molecule has 1 aromatic carbocycles. The van der Waals surface area contributed by atoms with Gasteiger partial charge in [-0.1, -0.05) is 0 Å². The molecular weight excluding hydrogens is 275 g/mol. The van der Waals surface area contributed by atoms with Gasteiger partial charge >= 0.3 is 0 Å². The number of halogens is 2. The summed E-state index contributed by atoms with van der Waals surface area (Å²) in [6.45, 7) is 0. The Balaban J connectivity index is 2.18. The molecule has 1 aromatic heterocycles. The minimum Gasteiger partial charge on any atom is -0.469 e. The Labute approximate surface area is 100 Å². The Hall–Kier alpha value is -1.42. The zero-order chi connectivity index (χ0) is 11.5. The van der Waals surface area contributed by atoms with Gasteiger partial charge in [0.15, 0.2) is 5.78 Å². The largest absolute Gasteiger partial charge is 0.469 e. The average molecular weight is 283 g/mol. The molecule has 0 saturated carbocycles. The molecule has 0 fully saturated rings. The summed E-state index contributed by atoms with van der Waals surface area (Å²) in [4.78, 5) is 11.8. The molecule has 4 heteroatoms. The van der Waals surface area contributed by atoms with Gasteiger partial charge in [-0.15, -0.1) is 0 Å². The molecule has 0 atom stereocenters. The quantitative estimate of drug-likeness (QED) is 0.805. The van der Waals surface area contributed by atoms with Crippen molar-refractivity contribution in [3.8, 4) is 0 Å². The molecule has 0 bridgehead atoms. The number of hydrogen-bond donors (Lipinski definition) is 0. The first-order valence-electron chi connectivity index (χ1n) is 4.67. The van der Waals surface area contributed by atoms with Crippen LogP contribution in [-0.4, -0.2) is 5.78 Å². The zero-order valence-corrected chi connectivity index (χ0v) is 9.83. The molecule has 2 aromatic rings. The SMILES string of the molecule is O=C(Cc1ccco1)c1ccc(F)c(Br)c1. The van der Waals surface area contributed by atoms with Crippen LogP contribution in [0.4, 0.5) is 4.39 Å². The summed E-state index contributed by atoms with van der Waals surface area (Å²) >= 11 is 3.04. The predicted octanol–water partition coefficient (Wildman–Crippen LogP) is 3.61. The maximum atomic E-state index is 13.0. The van der Waals surface area contributed by atoms with E-state index in [-0.39, 0.29) is 22.5 Å². The Morgan fingerprint density at radius 3 is 2.81 bits per heavy atom. The van der Waals surface area contributed by atoms with Gasteiger partial charge in [0, 0.05) is 5.56 Å². The van der Waals surface area contributed by atoms with Gasteiger partial charge in [-0.25, -0.2) is 4.39 Å². The summed E-state index contributed by atoms with van der Waals surface area (Å²) in [5.41, 5.74) is 0.463. The first kappa shape index (κ1) is 11.1. The van der Waals surface area contributed by atoms with Crippen LogP contribution in [0.5, 0.6) is 0 Å². The van der Waals surface area contributed by atoms with Gasteiger partial charge in [0.25, 0.3) is 0 Å². The molecule has 0 amide bonds. The molecule has 16 heavy (non-hydrogen) atoms. The minimum atomic E-state index is -0.380.